The van der Waals surface area contributed by atoms with E-state index in [9.17, 15) is 14.9 Å². The number of nitrogens with one attached hydrogen (secondary N) is 3. The first-order valence-electron chi connectivity index (χ1n) is 7.81. The molecule has 1 amide bonds. The molecule has 0 fully saturated rings. The summed E-state index contributed by atoms with van der Waals surface area (Å²) in [7, 11) is 0. The first kappa shape index (κ1) is 22.7. The van der Waals surface area contributed by atoms with E-state index in [1.165, 1.54) is 18.2 Å². The first-order chi connectivity index (χ1) is 12.1. The molecule has 7 nitrogen and oxygen atoms in total. The number of rotatable bonds is 8. The highest BCUT2D eigenvalue weighted by Crippen LogP contribution is 2.29. The molecule has 0 aliphatic carbocycles. The highest BCUT2D eigenvalue weighted by molar-refractivity contribution is 7.80. The second kappa shape index (κ2) is 10.7. The molecule has 0 heterocycles. The van der Waals surface area contributed by atoms with Crippen molar-refractivity contribution in [1.29, 1.82) is 0 Å². The number of carbonyl (C=O) groups excluding carboxylic acids is 1. The molecule has 0 aromatic heterocycles. The zero-order valence-electron chi connectivity index (χ0n) is 13.9. The Kier molecular flexibility index (Phi) is 9.35. The van der Waals surface area contributed by atoms with Crippen molar-refractivity contribution in [2.45, 2.75) is 42.6 Å². The van der Waals surface area contributed by atoms with Crippen LogP contribution in [0.1, 0.15) is 32.6 Å². The Labute approximate surface area is 171 Å². The molecule has 1 aromatic rings. The van der Waals surface area contributed by atoms with Gasteiger partial charge in [-0.15, -0.1) is 0 Å². The lowest BCUT2D eigenvalue weighted by molar-refractivity contribution is -0.384. The van der Waals surface area contributed by atoms with Gasteiger partial charge in [-0.3, -0.25) is 14.9 Å². The molecule has 3 N–H and O–H groups in total. The van der Waals surface area contributed by atoms with Gasteiger partial charge in [0.1, 0.15) is 6.17 Å². The lowest BCUT2D eigenvalue weighted by atomic mass is 10.2. The van der Waals surface area contributed by atoms with Gasteiger partial charge in [-0.05, 0) is 24.7 Å². The summed E-state index contributed by atoms with van der Waals surface area (Å²) in [5.74, 6) is -0.277. The molecule has 0 unspecified atom stereocenters. The number of thiocarbonyl (C=S) groups is 1. The Morgan fingerprint density at radius 2 is 2.00 bits per heavy atom. The van der Waals surface area contributed by atoms with Crippen molar-refractivity contribution in [2.75, 3.05) is 5.32 Å². The number of nitro benzene ring substituents is 1. The van der Waals surface area contributed by atoms with E-state index in [4.69, 9.17) is 47.0 Å². The number of amides is 1. The summed E-state index contributed by atoms with van der Waals surface area (Å²) in [5, 5.41) is 18.9. The minimum Gasteiger partial charge on any atom is -0.339 e. The Bertz CT molecular complexity index is 655. The van der Waals surface area contributed by atoms with Crippen molar-refractivity contribution in [2.24, 2.45) is 0 Å². The number of benzene rings is 1. The molecule has 0 saturated heterocycles. The average molecular weight is 442 g/mol. The molecule has 0 saturated carbocycles. The maximum absolute atomic E-state index is 12.0. The molecule has 0 radical (unpaired) electrons. The SMILES string of the molecule is CCCCCC(=O)N[C@H](NC(=S)Nc1cccc([N+](=O)[O-])c1)C(Cl)(Cl)Cl. The minimum absolute atomic E-state index is 0.0377. The highest BCUT2D eigenvalue weighted by Gasteiger charge is 2.34. The number of hydrogen-bond acceptors (Lipinski definition) is 4. The summed E-state index contributed by atoms with van der Waals surface area (Å²) in [6, 6.07) is 5.75. The molecule has 144 valence electrons. The van der Waals surface area contributed by atoms with E-state index in [1.807, 2.05) is 6.92 Å². The van der Waals surface area contributed by atoms with Crippen LogP contribution in [0.15, 0.2) is 24.3 Å². The van der Waals surface area contributed by atoms with Gasteiger partial charge in [0.2, 0.25) is 9.70 Å². The van der Waals surface area contributed by atoms with Gasteiger partial charge in [0.15, 0.2) is 5.11 Å². The molecule has 0 bridgehead atoms. The number of hydrogen-bond donors (Lipinski definition) is 3. The van der Waals surface area contributed by atoms with E-state index in [0.717, 1.165) is 19.3 Å². The Morgan fingerprint density at radius 1 is 1.31 bits per heavy atom. The summed E-state index contributed by atoms with van der Waals surface area (Å²) in [4.78, 5) is 22.3. The number of nitrogens with zero attached hydrogens (tertiary/aromatic N) is 1. The Hall–Kier alpha value is -1.35. The smallest absolute Gasteiger partial charge is 0.271 e. The fourth-order valence-electron chi connectivity index (χ4n) is 1.96. The Morgan fingerprint density at radius 3 is 2.58 bits per heavy atom. The van der Waals surface area contributed by atoms with Gasteiger partial charge in [0, 0.05) is 24.2 Å². The standard InChI is InChI=1S/C15H19Cl3N4O3S/c1-2-3-4-8-12(23)20-13(15(16,17)18)21-14(26)19-10-6-5-7-11(9-10)22(24)25/h5-7,9,13H,2-4,8H2,1H3,(H,20,23)(H2,19,21,26)/t13-/m1/s1. The van der Waals surface area contributed by atoms with Gasteiger partial charge >= 0.3 is 0 Å². The molecular formula is C15H19Cl3N4O3S. The van der Waals surface area contributed by atoms with Gasteiger partial charge in [0.05, 0.1) is 4.92 Å². The quantitative estimate of drug-likeness (QED) is 0.139. The van der Waals surface area contributed by atoms with E-state index in [2.05, 4.69) is 16.0 Å². The van der Waals surface area contributed by atoms with E-state index in [0.29, 0.717) is 12.1 Å². The Balaban J connectivity index is 2.70. The molecule has 0 aliphatic heterocycles. The second-order valence-corrected chi connectivity index (χ2v) is 8.18. The van der Waals surface area contributed by atoms with Crippen LogP contribution in [0.5, 0.6) is 0 Å². The maximum Gasteiger partial charge on any atom is 0.271 e. The topological polar surface area (TPSA) is 96.3 Å². The van der Waals surface area contributed by atoms with Crippen LogP contribution in [-0.4, -0.2) is 25.9 Å². The molecular weight excluding hydrogens is 423 g/mol. The van der Waals surface area contributed by atoms with Crippen molar-refractivity contribution < 1.29 is 9.72 Å². The third-order valence-corrected chi connectivity index (χ3v) is 4.10. The normalized spacial score (nSPS) is 12.2. The molecule has 26 heavy (non-hydrogen) atoms. The van der Waals surface area contributed by atoms with Gasteiger partial charge in [-0.25, -0.2) is 0 Å². The lowest BCUT2D eigenvalue weighted by Gasteiger charge is -2.27. The average Bonchev–Trinajstić information content (AvgIpc) is 2.53. The van der Waals surface area contributed by atoms with E-state index in [-0.39, 0.29) is 16.7 Å². The van der Waals surface area contributed by atoms with Crippen LogP contribution in [0.3, 0.4) is 0 Å². The number of anilines is 1. The molecule has 1 rings (SSSR count). The second-order valence-electron chi connectivity index (χ2n) is 5.41. The van der Waals surface area contributed by atoms with Crippen LogP contribution < -0.4 is 16.0 Å². The number of carbonyl (C=O) groups is 1. The summed E-state index contributed by atoms with van der Waals surface area (Å²) < 4.78 is -1.85. The van der Waals surface area contributed by atoms with Gasteiger partial charge in [-0.2, -0.15) is 0 Å². The number of alkyl halides is 3. The van der Waals surface area contributed by atoms with Crippen molar-refractivity contribution in [1.82, 2.24) is 10.6 Å². The van der Waals surface area contributed by atoms with Crippen molar-refractivity contribution in [3.05, 3.63) is 34.4 Å². The monoisotopic (exact) mass is 440 g/mol. The molecule has 1 atom stereocenters. The fourth-order valence-corrected chi connectivity index (χ4v) is 2.53. The van der Waals surface area contributed by atoms with Crippen molar-refractivity contribution in [3.8, 4) is 0 Å². The highest BCUT2D eigenvalue weighted by atomic mass is 35.6. The van der Waals surface area contributed by atoms with Gasteiger partial charge in [0.25, 0.3) is 5.69 Å². The van der Waals surface area contributed by atoms with Gasteiger partial charge in [-0.1, -0.05) is 60.6 Å². The van der Waals surface area contributed by atoms with Crippen LogP contribution in [0.2, 0.25) is 0 Å². The third kappa shape index (κ3) is 8.35. The first-order valence-corrected chi connectivity index (χ1v) is 9.35. The third-order valence-electron chi connectivity index (χ3n) is 3.23. The van der Waals surface area contributed by atoms with Crippen LogP contribution >= 0.6 is 47.0 Å². The summed E-state index contributed by atoms with van der Waals surface area (Å²) in [6.45, 7) is 2.03. The summed E-state index contributed by atoms with van der Waals surface area (Å²) in [6.07, 6.45) is 1.87. The van der Waals surface area contributed by atoms with Gasteiger partial charge < -0.3 is 16.0 Å². The predicted octanol–water partition coefficient (Wildman–Crippen LogP) is 4.27. The van der Waals surface area contributed by atoms with E-state index < -0.39 is 14.9 Å². The summed E-state index contributed by atoms with van der Waals surface area (Å²) in [5.41, 5.74) is 0.286. The van der Waals surface area contributed by atoms with E-state index in [1.54, 1.807) is 6.07 Å². The van der Waals surface area contributed by atoms with Crippen molar-refractivity contribution >= 4 is 69.4 Å². The largest absolute Gasteiger partial charge is 0.339 e. The molecule has 11 heteroatoms. The van der Waals surface area contributed by atoms with Crippen LogP contribution in [0, 0.1) is 10.1 Å². The number of non-ortho nitro benzene ring substituents is 1. The van der Waals surface area contributed by atoms with Crippen LogP contribution in [0.25, 0.3) is 0 Å². The minimum atomic E-state index is -1.85. The zero-order chi connectivity index (χ0) is 19.7. The van der Waals surface area contributed by atoms with Crippen molar-refractivity contribution in [3.63, 3.8) is 0 Å². The van der Waals surface area contributed by atoms with Crippen LogP contribution in [-0.2, 0) is 4.79 Å². The maximum atomic E-state index is 12.0. The number of unbranched alkanes of at least 4 members (excludes halogenated alkanes) is 2. The molecule has 0 aliphatic rings. The zero-order valence-corrected chi connectivity index (χ0v) is 17.0. The van der Waals surface area contributed by atoms with E-state index >= 15 is 0 Å². The molecule has 0 spiro atoms. The number of halogens is 3. The predicted molar refractivity (Wildman–Crippen MR) is 109 cm³/mol. The number of nitro groups is 1. The molecule has 1 aromatic carbocycles. The lowest BCUT2D eigenvalue weighted by Crippen LogP contribution is -2.56. The summed E-state index contributed by atoms with van der Waals surface area (Å²) >= 11 is 22.8. The fraction of sp³-hybridized carbons (Fsp3) is 0.467. The van der Waals surface area contributed by atoms with Crippen LogP contribution in [0.4, 0.5) is 11.4 Å².